The predicted molar refractivity (Wildman–Crippen MR) is 89.5 cm³/mol. The molecule has 126 valence electrons. The Morgan fingerprint density at radius 1 is 1.52 bits per heavy atom. The molecule has 1 atom stereocenters. The molecule has 0 aliphatic carbocycles. The van der Waals surface area contributed by atoms with Crippen molar-refractivity contribution in [2.45, 2.75) is 19.9 Å². The van der Waals surface area contributed by atoms with E-state index in [2.05, 4.69) is 15.2 Å². The first-order valence-corrected chi connectivity index (χ1v) is 7.90. The van der Waals surface area contributed by atoms with Crippen LogP contribution in [0.4, 0.5) is 5.69 Å². The Balaban J connectivity index is 2.09. The zero-order valence-corrected chi connectivity index (χ0v) is 13.7. The number of methoxy groups -OCH3 is 1. The molecule has 1 aliphatic rings. The first-order valence-electron chi connectivity index (χ1n) is 7.90. The smallest absolute Gasteiger partial charge is 0.274 e. The van der Waals surface area contributed by atoms with E-state index in [-0.39, 0.29) is 10.6 Å². The number of nitro benzene ring substituents is 1. The highest BCUT2D eigenvalue weighted by Crippen LogP contribution is 2.20. The number of ether oxygens (including phenoxy) is 1. The van der Waals surface area contributed by atoms with Gasteiger partial charge >= 0.3 is 0 Å². The lowest BCUT2D eigenvalue weighted by Gasteiger charge is -2.21. The Labute approximate surface area is 136 Å². The molecule has 1 N–H and O–H groups in total. The van der Waals surface area contributed by atoms with Crippen LogP contribution in [0, 0.1) is 16.0 Å². The van der Waals surface area contributed by atoms with Gasteiger partial charge in [0.15, 0.2) is 5.96 Å². The number of hydrogen-bond acceptors (Lipinski definition) is 4. The van der Waals surface area contributed by atoms with Crippen LogP contribution < -0.4 is 5.32 Å². The highest BCUT2D eigenvalue weighted by Gasteiger charge is 2.24. The quantitative estimate of drug-likeness (QED) is 0.375. The van der Waals surface area contributed by atoms with Crippen LogP contribution in [-0.4, -0.2) is 49.1 Å². The molecule has 0 amide bonds. The van der Waals surface area contributed by atoms with Crippen molar-refractivity contribution < 1.29 is 9.66 Å². The number of nitrogens with one attached hydrogen (secondary N) is 1. The molecule has 0 aromatic heterocycles. The Morgan fingerprint density at radius 3 is 3.00 bits per heavy atom. The lowest BCUT2D eigenvalue weighted by atomic mass is 10.1. The maximum Gasteiger partial charge on any atom is 0.274 e. The second kappa shape index (κ2) is 8.47. The van der Waals surface area contributed by atoms with Crippen molar-refractivity contribution in [3.63, 3.8) is 0 Å². The molecule has 7 nitrogen and oxygen atoms in total. The topological polar surface area (TPSA) is 80.0 Å². The number of guanidine groups is 1. The van der Waals surface area contributed by atoms with Gasteiger partial charge in [0.2, 0.25) is 0 Å². The van der Waals surface area contributed by atoms with E-state index >= 15 is 0 Å². The Morgan fingerprint density at radius 2 is 2.30 bits per heavy atom. The molecule has 1 heterocycles. The summed E-state index contributed by atoms with van der Waals surface area (Å²) in [5, 5.41) is 14.4. The van der Waals surface area contributed by atoms with Crippen LogP contribution in [0.5, 0.6) is 0 Å². The molecular formula is C16H24N4O3. The molecule has 1 saturated heterocycles. The molecule has 1 fully saturated rings. The summed E-state index contributed by atoms with van der Waals surface area (Å²) >= 11 is 0. The van der Waals surface area contributed by atoms with E-state index in [4.69, 9.17) is 4.74 Å². The van der Waals surface area contributed by atoms with Crippen LogP contribution in [0.15, 0.2) is 29.3 Å². The fraction of sp³-hybridized carbons (Fsp3) is 0.562. The highest BCUT2D eigenvalue weighted by molar-refractivity contribution is 5.80. The second-order valence-corrected chi connectivity index (χ2v) is 5.61. The van der Waals surface area contributed by atoms with Crippen molar-refractivity contribution in [2.75, 3.05) is 33.4 Å². The minimum absolute atomic E-state index is 0.116. The van der Waals surface area contributed by atoms with Crippen molar-refractivity contribution >= 4 is 11.6 Å². The molecule has 1 aromatic carbocycles. The lowest BCUT2D eigenvalue weighted by Crippen LogP contribution is -2.40. The van der Waals surface area contributed by atoms with Crippen LogP contribution in [0.2, 0.25) is 0 Å². The van der Waals surface area contributed by atoms with Gasteiger partial charge in [-0.25, -0.2) is 4.99 Å². The zero-order chi connectivity index (χ0) is 16.7. The fourth-order valence-corrected chi connectivity index (χ4v) is 2.81. The van der Waals surface area contributed by atoms with Gasteiger partial charge in [-0.05, 0) is 13.3 Å². The van der Waals surface area contributed by atoms with Crippen LogP contribution in [-0.2, 0) is 11.3 Å². The lowest BCUT2D eigenvalue weighted by molar-refractivity contribution is -0.385. The van der Waals surface area contributed by atoms with E-state index in [9.17, 15) is 10.1 Å². The molecule has 1 unspecified atom stereocenters. The third kappa shape index (κ3) is 4.66. The molecule has 0 spiro atoms. The number of nitro groups is 1. The molecule has 1 aliphatic heterocycles. The van der Waals surface area contributed by atoms with Gasteiger partial charge in [-0.15, -0.1) is 0 Å². The average Bonchev–Trinajstić information content (AvgIpc) is 3.00. The average molecular weight is 320 g/mol. The van der Waals surface area contributed by atoms with Gasteiger partial charge in [0.05, 0.1) is 23.6 Å². The summed E-state index contributed by atoms with van der Waals surface area (Å²) < 4.78 is 5.22. The number of hydrogen-bond donors (Lipinski definition) is 1. The second-order valence-electron chi connectivity index (χ2n) is 5.61. The standard InChI is InChI=1S/C16H24N4O3/c1-3-17-16(19-9-8-13(11-19)12-23-2)18-10-14-6-4-5-7-15(14)20(21)22/h4-7,13H,3,8-12H2,1-2H3,(H,17,18). The van der Waals surface area contributed by atoms with E-state index < -0.39 is 0 Å². The maximum atomic E-state index is 11.1. The van der Waals surface area contributed by atoms with Crippen LogP contribution in [0.3, 0.4) is 0 Å². The third-order valence-electron chi connectivity index (χ3n) is 3.91. The van der Waals surface area contributed by atoms with Crippen molar-refractivity contribution in [2.24, 2.45) is 10.9 Å². The monoisotopic (exact) mass is 320 g/mol. The molecule has 0 saturated carbocycles. The summed E-state index contributed by atoms with van der Waals surface area (Å²) in [4.78, 5) is 17.5. The SMILES string of the molecule is CCNC(=NCc1ccccc1[N+](=O)[O-])N1CCC(COC)C1. The summed E-state index contributed by atoms with van der Waals surface area (Å²) in [5.41, 5.74) is 0.742. The van der Waals surface area contributed by atoms with Gasteiger partial charge in [0.1, 0.15) is 0 Å². The fourth-order valence-electron chi connectivity index (χ4n) is 2.81. The first kappa shape index (κ1) is 17.2. The first-order chi connectivity index (χ1) is 11.2. The normalized spacial score (nSPS) is 18.3. The Kier molecular flexibility index (Phi) is 6.34. The van der Waals surface area contributed by atoms with Crippen LogP contribution in [0.25, 0.3) is 0 Å². The number of rotatable bonds is 6. The molecule has 1 aromatic rings. The largest absolute Gasteiger partial charge is 0.384 e. The Bertz CT molecular complexity index is 562. The molecule has 0 bridgehead atoms. The third-order valence-corrected chi connectivity index (χ3v) is 3.91. The summed E-state index contributed by atoms with van der Waals surface area (Å²) in [6.45, 7) is 5.66. The van der Waals surface area contributed by atoms with Gasteiger partial charge in [-0.3, -0.25) is 10.1 Å². The predicted octanol–water partition coefficient (Wildman–Crippen LogP) is 2.03. The van der Waals surface area contributed by atoms with Gasteiger partial charge in [-0.2, -0.15) is 0 Å². The van der Waals surface area contributed by atoms with E-state index in [1.165, 1.54) is 6.07 Å². The summed E-state index contributed by atoms with van der Waals surface area (Å²) in [5.74, 6) is 1.32. The highest BCUT2D eigenvalue weighted by atomic mass is 16.6. The molecule has 2 rings (SSSR count). The van der Waals surface area contributed by atoms with Crippen molar-refractivity contribution in [1.29, 1.82) is 0 Å². The Hall–Kier alpha value is -2.15. The number of likely N-dealkylation sites (tertiary alicyclic amines) is 1. The molecule has 7 heteroatoms. The molecule has 0 radical (unpaired) electrons. The van der Waals surface area contributed by atoms with E-state index in [0.29, 0.717) is 18.0 Å². The van der Waals surface area contributed by atoms with E-state index in [0.717, 1.165) is 38.6 Å². The molecule has 23 heavy (non-hydrogen) atoms. The molecular weight excluding hydrogens is 296 g/mol. The number of aliphatic imine (C=N–C) groups is 1. The minimum Gasteiger partial charge on any atom is -0.384 e. The van der Waals surface area contributed by atoms with E-state index in [1.54, 1.807) is 25.3 Å². The van der Waals surface area contributed by atoms with Crippen LogP contribution >= 0.6 is 0 Å². The van der Waals surface area contributed by atoms with E-state index in [1.807, 2.05) is 6.92 Å². The van der Waals surface area contributed by atoms with Gasteiger partial charge in [-0.1, -0.05) is 18.2 Å². The zero-order valence-electron chi connectivity index (χ0n) is 13.7. The summed E-state index contributed by atoms with van der Waals surface area (Å²) in [7, 11) is 1.72. The van der Waals surface area contributed by atoms with Crippen molar-refractivity contribution in [3.05, 3.63) is 39.9 Å². The number of nitrogens with zero attached hydrogens (tertiary/aromatic N) is 3. The van der Waals surface area contributed by atoms with Gasteiger partial charge in [0, 0.05) is 38.7 Å². The van der Waals surface area contributed by atoms with Crippen LogP contribution in [0.1, 0.15) is 18.9 Å². The van der Waals surface area contributed by atoms with Crippen molar-refractivity contribution in [3.8, 4) is 0 Å². The minimum atomic E-state index is -0.359. The number of benzene rings is 1. The van der Waals surface area contributed by atoms with Gasteiger partial charge in [0.25, 0.3) is 5.69 Å². The van der Waals surface area contributed by atoms with Gasteiger partial charge < -0.3 is 15.0 Å². The number of para-hydroxylation sites is 1. The maximum absolute atomic E-state index is 11.1. The summed E-state index contributed by atoms with van der Waals surface area (Å²) in [6.07, 6.45) is 1.07. The summed E-state index contributed by atoms with van der Waals surface area (Å²) in [6, 6.07) is 6.74. The van der Waals surface area contributed by atoms with Crippen molar-refractivity contribution in [1.82, 2.24) is 10.2 Å².